The van der Waals surface area contributed by atoms with E-state index in [4.69, 9.17) is 20.9 Å². The topological polar surface area (TPSA) is 125 Å². The maximum atomic E-state index is 12.7. The van der Waals surface area contributed by atoms with E-state index in [2.05, 4.69) is 10.5 Å². The van der Waals surface area contributed by atoms with Gasteiger partial charge in [-0.1, -0.05) is 47.1 Å². The third kappa shape index (κ3) is 4.77. The van der Waals surface area contributed by atoms with Gasteiger partial charge in [0, 0.05) is 23.8 Å². The molecule has 2 aromatic carbocycles. The van der Waals surface area contributed by atoms with Gasteiger partial charge in [0.15, 0.2) is 5.82 Å². The zero-order valence-electron chi connectivity index (χ0n) is 15.0. The molecule has 148 valence electrons. The summed E-state index contributed by atoms with van der Waals surface area (Å²) in [6, 6.07) is 13.2. The number of hydrogen-bond acceptors (Lipinski definition) is 7. The Morgan fingerprint density at radius 3 is 2.52 bits per heavy atom. The average molecular weight is 416 g/mol. The third-order valence-corrected chi connectivity index (χ3v) is 4.14. The van der Waals surface area contributed by atoms with Crippen molar-refractivity contribution in [2.45, 2.75) is 13.0 Å². The highest BCUT2D eigenvalue weighted by Crippen LogP contribution is 2.26. The Balaban J connectivity index is 1.86. The zero-order valence-corrected chi connectivity index (χ0v) is 15.8. The van der Waals surface area contributed by atoms with Gasteiger partial charge in [-0.25, -0.2) is 4.79 Å². The van der Waals surface area contributed by atoms with E-state index in [-0.39, 0.29) is 22.1 Å². The molecule has 3 aromatic rings. The summed E-state index contributed by atoms with van der Waals surface area (Å²) < 4.78 is 10.3. The second kappa shape index (κ2) is 8.53. The highest BCUT2D eigenvalue weighted by atomic mass is 35.5. The number of hydrogen-bond donors (Lipinski definition) is 1. The highest BCUT2D eigenvalue weighted by molar-refractivity contribution is 6.33. The van der Waals surface area contributed by atoms with Gasteiger partial charge in [-0.15, -0.1) is 0 Å². The molecule has 0 radical (unpaired) electrons. The van der Waals surface area contributed by atoms with Gasteiger partial charge in [0.1, 0.15) is 5.76 Å². The summed E-state index contributed by atoms with van der Waals surface area (Å²) in [5.74, 6) is -0.912. The molecule has 0 aliphatic carbocycles. The van der Waals surface area contributed by atoms with E-state index in [9.17, 15) is 19.7 Å². The lowest BCUT2D eigenvalue weighted by molar-refractivity contribution is -0.384. The molecule has 0 aliphatic heterocycles. The second-order valence-electron chi connectivity index (χ2n) is 5.93. The van der Waals surface area contributed by atoms with E-state index in [0.717, 1.165) is 12.1 Å². The number of esters is 1. The van der Waals surface area contributed by atoms with Gasteiger partial charge < -0.3 is 14.6 Å². The Hall–Kier alpha value is -3.72. The number of halogens is 1. The molecule has 1 heterocycles. The molecule has 1 N–H and O–H groups in total. The molecule has 10 heteroatoms. The van der Waals surface area contributed by atoms with Gasteiger partial charge >= 0.3 is 5.97 Å². The van der Waals surface area contributed by atoms with Gasteiger partial charge in [-0.05, 0) is 13.0 Å². The van der Waals surface area contributed by atoms with Crippen LogP contribution in [-0.2, 0) is 9.53 Å². The van der Waals surface area contributed by atoms with Crippen LogP contribution in [0.5, 0.6) is 0 Å². The maximum Gasteiger partial charge on any atom is 0.340 e. The van der Waals surface area contributed by atoms with Crippen LogP contribution in [0, 0.1) is 17.0 Å². The number of nitro groups is 1. The number of non-ortho nitro benzene ring substituents is 1. The lowest BCUT2D eigenvalue weighted by Crippen LogP contribution is -2.26. The number of aryl methyl sites for hydroxylation is 1. The van der Waals surface area contributed by atoms with Crippen molar-refractivity contribution in [2.75, 3.05) is 5.32 Å². The largest absolute Gasteiger partial charge is 0.444 e. The normalized spacial score (nSPS) is 11.5. The number of ether oxygens (including phenoxy) is 1. The summed E-state index contributed by atoms with van der Waals surface area (Å²) in [6.07, 6.45) is -1.31. The Morgan fingerprint density at radius 2 is 1.93 bits per heavy atom. The van der Waals surface area contributed by atoms with Crippen LogP contribution in [0.1, 0.15) is 27.8 Å². The van der Waals surface area contributed by atoms with E-state index in [1.807, 2.05) is 0 Å². The lowest BCUT2D eigenvalue weighted by atomic mass is 10.1. The van der Waals surface area contributed by atoms with E-state index in [0.29, 0.717) is 11.3 Å². The molecule has 0 bridgehead atoms. The Kier molecular flexibility index (Phi) is 5.89. The smallest absolute Gasteiger partial charge is 0.340 e. The van der Waals surface area contributed by atoms with Crippen LogP contribution >= 0.6 is 11.6 Å². The Bertz CT molecular complexity index is 1070. The van der Waals surface area contributed by atoms with Crippen molar-refractivity contribution in [3.05, 3.63) is 86.6 Å². The van der Waals surface area contributed by atoms with Crippen LogP contribution in [0.2, 0.25) is 5.02 Å². The van der Waals surface area contributed by atoms with E-state index in [1.54, 1.807) is 37.3 Å². The van der Waals surface area contributed by atoms with Crippen molar-refractivity contribution in [2.24, 2.45) is 0 Å². The number of carbonyl (C=O) groups is 2. The van der Waals surface area contributed by atoms with Crippen molar-refractivity contribution >= 4 is 35.0 Å². The second-order valence-corrected chi connectivity index (χ2v) is 6.34. The van der Waals surface area contributed by atoms with E-state index in [1.165, 1.54) is 12.1 Å². The number of aromatic nitrogens is 1. The summed E-state index contributed by atoms with van der Waals surface area (Å²) in [6.45, 7) is 1.66. The third-order valence-electron chi connectivity index (χ3n) is 3.83. The van der Waals surface area contributed by atoms with Crippen LogP contribution < -0.4 is 5.32 Å². The molecule has 0 spiro atoms. The van der Waals surface area contributed by atoms with E-state index < -0.39 is 22.9 Å². The van der Waals surface area contributed by atoms with E-state index >= 15 is 0 Å². The van der Waals surface area contributed by atoms with Crippen molar-refractivity contribution in [3.8, 4) is 0 Å². The van der Waals surface area contributed by atoms with Crippen LogP contribution in [-0.4, -0.2) is 22.0 Å². The van der Waals surface area contributed by atoms with Gasteiger partial charge in [0.25, 0.3) is 11.6 Å². The van der Waals surface area contributed by atoms with Crippen LogP contribution in [0.25, 0.3) is 0 Å². The molecule has 3 rings (SSSR count). The van der Waals surface area contributed by atoms with Crippen molar-refractivity contribution in [3.63, 3.8) is 0 Å². The minimum absolute atomic E-state index is 0.108. The first-order valence-electron chi connectivity index (χ1n) is 8.29. The van der Waals surface area contributed by atoms with Crippen LogP contribution in [0.4, 0.5) is 11.5 Å². The Morgan fingerprint density at radius 1 is 1.21 bits per heavy atom. The number of nitrogens with zero attached hydrogens (tertiary/aromatic N) is 2. The summed E-state index contributed by atoms with van der Waals surface area (Å²) in [4.78, 5) is 35.5. The fourth-order valence-electron chi connectivity index (χ4n) is 2.47. The van der Waals surface area contributed by atoms with Gasteiger partial charge in [0.05, 0.1) is 15.5 Å². The fraction of sp³-hybridized carbons (Fsp3) is 0.105. The molecule has 0 saturated heterocycles. The number of benzene rings is 2. The Labute approximate surface area is 169 Å². The molecule has 0 aliphatic rings. The number of amides is 1. The maximum absolute atomic E-state index is 12.7. The van der Waals surface area contributed by atoms with Gasteiger partial charge in [-0.3, -0.25) is 14.9 Å². The molecule has 1 atom stereocenters. The number of nitro benzene ring substituents is 1. The predicted molar refractivity (Wildman–Crippen MR) is 103 cm³/mol. The zero-order chi connectivity index (χ0) is 21.0. The number of carbonyl (C=O) groups excluding carboxylic acids is 2. The highest BCUT2D eigenvalue weighted by Gasteiger charge is 2.28. The first-order valence-corrected chi connectivity index (χ1v) is 8.67. The summed E-state index contributed by atoms with van der Waals surface area (Å²) in [7, 11) is 0. The summed E-state index contributed by atoms with van der Waals surface area (Å²) in [5, 5.41) is 16.9. The summed E-state index contributed by atoms with van der Waals surface area (Å²) >= 11 is 5.98. The molecular weight excluding hydrogens is 402 g/mol. The fourth-order valence-corrected chi connectivity index (χ4v) is 2.72. The number of anilines is 1. The molecule has 9 nitrogen and oxygen atoms in total. The van der Waals surface area contributed by atoms with Crippen LogP contribution in [0.15, 0.2) is 59.1 Å². The minimum Gasteiger partial charge on any atom is -0.444 e. The number of nitrogens with one attached hydrogen (secondary N) is 1. The van der Waals surface area contributed by atoms with Gasteiger partial charge in [0.2, 0.25) is 6.10 Å². The van der Waals surface area contributed by atoms with Crippen LogP contribution in [0.3, 0.4) is 0 Å². The first-order chi connectivity index (χ1) is 13.8. The standard InChI is InChI=1S/C19H14ClN3O6/c1-11-9-16(22-29-11)21-18(24)17(12-5-3-2-4-6-12)28-19(25)14-8-7-13(23(26)27)10-15(14)20/h2-10,17H,1H3,(H,21,22,24). The molecule has 1 unspecified atom stereocenters. The molecule has 0 saturated carbocycles. The number of rotatable bonds is 6. The molecule has 1 aromatic heterocycles. The molecule has 0 fully saturated rings. The molecular formula is C19H14ClN3O6. The first kappa shape index (κ1) is 20.0. The predicted octanol–water partition coefficient (Wildman–Crippen LogP) is 4.08. The van der Waals surface area contributed by atoms with Gasteiger partial charge in [-0.2, -0.15) is 0 Å². The van der Waals surface area contributed by atoms with Crippen molar-refractivity contribution in [1.29, 1.82) is 0 Å². The monoisotopic (exact) mass is 415 g/mol. The molecule has 29 heavy (non-hydrogen) atoms. The lowest BCUT2D eigenvalue weighted by Gasteiger charge is -2.17. The SMILES string of the molecule is Cc1cc(NC(=O)C(OC(=O)c2ccc([N+](=O)[O-])cc2Cl)c2ccccc2)no1. The minimum atomic E-state index is -1.31. The van der Waals surface area contributed by atoms with Crippen molar-refractivity contribution < 1.29 is 23.8 Å². The quantitative estimate of drug-likeness (QED) is 0.365. The average Bonchev–Trinajstić information content (AvgIpc) is 3.10. The summed E-state index contributed by atoms with van der Waals surface area (Å²) in [5.41, 5.74) is 0.0326. The van der Waals surface area contributed by atoms with Crippen molar-refractivity contribution in [1.82, 2.24) is 5.16 Å². The molecule has 1 amide bonds.